The van der Waals surface area contributed by atoms with E-state index < -0.39 is 0 Å². The van der Waals surface area contributed by atoms with Gasteiger partial charge in [-0.25, -0.2) is 0 Å². The number of hydrogen-bond donors (Lipinski definition) is 1. The molecule has 0 radical (unpaired) electrons. The van der Waals surface area contributed by atoms with Gasteiger partial charge >= 0.3 is 0 Å². The first-order valence-corrected chi connectivity index (χ1v) is 11.3. The summed E-state index contributed by atoms with van der Waals surface area (Å²) in [4.78, 5) is 0. The molecule has 1 aliphatic rings. The maximum Gasteiger partial charge on any atom is 0.119 e. The quantitative estimate of drug-likeness (QED) is 0.541. The molecule has 0 aliphatic carbocycles. The molecule has 29 heavy (non-hydrogen) atoms. The molecule has 0 aromatic heterocycles. The maximum atomic E-state index is 10.2. The Kier molecular flexibility index (Phi) is 9.99. The maximum absolute atomic E-state index is 10.2. The summed E-state index contributed by atoms with van der Waals surface area (Å²) in [6.45, 7) is 8.80. The molecule has 3 unspecified atom stereocenters. The Morgan fingerprint density at radius 3 is 2.45 bits per heavy atom. The minimum absolute atomic E-state index is 0.0679. The van der Waals surface area contributed by atoms with Gasteiger partial charge in [-0.15, -0.1) is 0 Å². The largest absolute Gasteiger partial charge is 0.494 e. The molecule has 2 aromatic carbocycles. The highest BCUT2D eigenvalue weighted by atomic mass is 35.5. The monoisotopic (exact) mass is 418 g/mol. The van der Waals surface area contributed by atoms with Gasteiger partial charge in [0.1, 0.15) is 5.75 Å². The van der Waals surface area contributed by atoms with Gasteiger partial charge < -0.3 is 14.6 Å². The van der Waals surface area contributed by atoms with Gasteiger partial charge in [-0.05, 0) is 61.1 Å². The van der Waals surface area contributed by atoms with E-state index in [-0.39, 0.29) is 18.3 Å². The van der Waals surface area contributed by atoms with Crippen molar-refractivity contribution in [2.45, 2.75) is 78.1 Å². The molecule has 1 fully saturated rings. The van der Waals surface area contributed by atoms with Gasteiger partial charge in [0.15, 0.2) is 0 Å². The van der Waals surface area contributed by atoms with Crippen molar-refractivity contribution < 1.29 is 14.6 Å². The van der Waals surface area contributed by atoms with Crippen LogP contribution in [-0.4, -0.2) is 23.9 Å². The molecule has 0 saturated carbocycles. The van der Waals surface area contributed by atoms with E-state index in [1.54, 1.807) is 0 Å². The minimum Gasteiger partial charge on any atom is -0.494 e. The Bertz CT molecular complexity index is 729. The summed E-state index contributed by atoms with van der Waals surface area (Å²) in [6.07, 6.45) is 3.95. The third kappa shape index (κ3) is 7.02. The third-order valence-corrected chi connectivity index (χ3v) is 5.43. The normalized spacial score (nSPS) is 21.2. The van der Waals surface area contributed by atoms with Crippen LogP contribution in [0.1, 0.15) is 76.2 Å². The Balaban J connectivity index is 0.00000145. The van der Waals surface area contributed by atoms with E-state index in [1.807, 2.05) is 45.0 Å². The fourth-order valence-electron chi connectivity index (χ4n) is 3.73. The lowest BCUT2D eigenvalue weighted by atomic mass is 9.93. The highest BCUT2D eigenvalue weighted by Gasteiger charge is 2.29. The van der Waals surface area contributed by atoms with E-state index >= 15 is 0 Å². The summed E-state index contributed by atoms with van der Waals surface area (Å²) in [6, 6.07) is 14.2. The molecule has 1 saturated heterocycles. The van der Waals surface area contributed by atoms with Crippen LogP contribution in [0, 0.1) is 0 Å². The van der Waals surface area contributed by atoms with Crippen molar-refractivity contribution in [1.82, 2.24) is 0 Å². The highest BCUT2D eigenvalue weighted by Crippen LogP contribution is 2.35. The van der Waals surface area contributed by atoms with Crippen molar-refractivity contribution in [3.63, 3.8) is 0 Å². The van der Waals surface area contributed by atoms with E-state index in [0.29, 0.717) is 13.0 Å². The lowest BCUT2D eigenvalue weighted by Gasteiger charge is -2.33. The van der Waals surface area contributed by atoms with E-state index in [4.69, 9.17) is 21.1 Å². The zero-order valence-corrected chi connectivity index (χ0v) is 18.9. The summed E-state index contributed by atoms with van der Waals surface area (Å²) in [5.74, 6) is 0.882. The zero-order valence-electron chi connectivity index (χ0n) is 18.2. The SMILES string of the molecule is CC.CCCC1CC(O)CC(c2ccc(Cl)c(Cc3ccc(OCC)cc3)c2)O1. The molecule has 3 nitrogen and oxygen atoms in total. The van der Waals surface area contributed by atoms with Crippen molar-refractivity contribution in [1.29, 1.82) is 0 Å². The van der Waals surface area contributed by atoms with Crippen molar-refractivity contribution in [2.75, 3.05) is 6.61 Å². The second-order valence-corrected chi connectivity index (χ2v) is 7.67. The molecule has 3 atom stereocenters. The molecule has 1 aliphatic heterocycles. The standard InChI is InChI=1S/C23H29ClO3.C2H6/c1-3-5-21-14-19(25)15-23(27-21)17-8-11-22(24)18(13-17)12-16-6-9-20(10-7-16)26-4-2;1-2/h6-11,13,19,21,23,25H,3-5,12,14-15H2,1-2H3;1-2H3. The molecule has 1 N–H and O–H groups in total. The number of halogens is 1. The molecule has 3 rings (SSSR count). The molecule has 0 amide bonds. The lowest BCUT2D eigenvalue weighted by molar-refractivity contribution is -0.100. The number of aliphatic hydroxyl groups excluding tert-OH is 1. The molecule has 1 heterocycles. The summed E-state index contributed by atoms with van der Waals surface area (Å²) in [5.41, 5.74) is 3.36. The summed E-state index contributed by atoms with van der Waals surface area (Å²) >= 11 is 6.46. The fourth-order valence-corrected chi connectivity index (χ4v) is 3.92. The zero-order chi connectivity index (χ0) is 21.2. The van der Waals surface area contributed by atoms with E-state index in [1.165, 1.54) is 5.56 Å². The van der Waals surface area contributed by atoms with Gasteiger partial charge in [0.25, 0.3) is 0 Å². The molecule has 0 spiro atoms. The van der Waals surface area contributed by atoms with Crippen molar-refractivity contribution >= 4 is 11.6 Å². The molecule has 2 aromatic rings. The first-order chi connectivity index (χ1) is 14.1. The average molecular weight is 419 g/mol. The van der Waals surface area contributed by atoms with Crippen LogP contribution >= 0.6 is 11.6 Å². The van der Waals surface area contributed by atoms with Crippen LogP contribution in [0.25, 0.3) is 0 Å². The van der Waals surface area contributed by atoms with Gasteiger partial charge in [-0.2, -0.15) is 0 Å². The Morgan fingerprint density at radius 1 is 1.07 bits per heavy atom. The van der Waals surface area contributed by atoms with Crippen LogP contribution < -0.4 is 4.74 Å². The van der Waals surface area contributed by atoms with Crippen molar-refractivity contribution in [2.24, 2.45) is 0 Å². The van der Waals surface area contributed by atoms with Crippen molar-refractivity contribution in [3.05, 3.63) is 64.2 Å². The van der Waals surface area contributed by atoms with Gasteiger partial charge in [0, 0.05) is 11.4 Å². The van der Waals surface area contributed by atoms with Crippen LogP contribution in [-0.2, 0) is 11.2 Å². The predicted octanol–water partition coefficient (Wildman–Crippen LogP) is 6.74. The number of benzene rings is 2. The highest BCUT2D eigenvalue weighted by molar-refractivity contribution is 6.31. The first-order valence-electron chi connectivity index (χ1n) is 10.9. The summed E-state index contributed by atoms with van der Waals surface area (Å²) in [7, 11) is 0. The molecule has 160 valence electrons. The number of hydrogen-bond acceptors (Lipinski definition) is 3. The van der Waals surface area contributed by atoms with Gasteiger partial charge in [-0.3, -0.25) is 0 Å². The Labute approximate surface area is 181 Å². The minimum atomic E-state index is -0.300. The van der Waals surface area contributed by atoms with E-state index in [2.05, 4.69) is 25.1 Å². The van der Waals surface area contributed by atoms with Crippen LogP contribution in [0.5, 0.6) is 5.75 Å². The average Bonchev–Trinajstić information content (AvgIpc) is 2.72. The molecule has 4 heteroatoms. The van der Waals surface area contributed by atoms with Crippen LogP contribution in [0.3, 0.4) is 0 Å². The van der Waals surface area contributed by atoms with E-state index in [9.17, 15) is 5.11 Å². The molecular formula is C25H35ClO3. The number of rotatable bonds is 7. The topological polar surface area (TPSA) is 38.7 Å². The van der Waals surface area contributed by atoms with Crippen LogP contribution in [0.15, 0.2) is 42.5 Å². The molecular weight excluding hydrogens is 384 g/mol. The summed E-state index contributed by atoms with van der Waals surface area (Å²) in [5, 5.41) is 11.0. The van der Waals surface area contributed by atoms with Gasteiger partial charge in [0.05, 0.1) is 24.9 Å². The van der Waals surface area contributed by atoms with Crippen LogP contribution in [0.4, 0.5) is 0 Å². The van der Waals surface area contributed by atoms with Gasteiger partial charge in [0.2, 0.25) is 0 Å². The Hall–Kier alpha value is -1.55. The smallest absolute Gasteiger partial charge is 0.119 e. The Morgan fingerprint density at radius 2 is 1.79 bits per heavy atom. The van der Waals surface area contributed by atoms with Crippen molar-refractivity contribution in [3.8, 4) is 5.75 Å². The number of aliphatic hydroxyl groups is 1. The summed E-state index contributed by atoms with van der Waals surface area (Å²) < 4.78 is 11.8. The van der Waals surface area contributed by atoms with Gasteiger partial charge in [-0.1, -0.05) is 63.1 Å². The molecule has 0 bridgehead atoms. The second-order valence-electron chi connectivity index (χ2n) is 7.27. The fraction of sp³-hybridized carbons (Fsp3) is 0.520. The first kappa shape index (κ1) is 23.7. The third-order valence-electron chi connectivity index (χ3n) is 5.06. The lowest BCUT2D eigenvalue weighted by Crippen LogP contribution is -2.31. The van der Waals surface area contributed by atoms with E-state index in [0.717, 1.165) is 47.6 Å². The second kappa shape index (κ2) is 12.2. The predicted molar refractivity (Wildman–Crippen MR) is 121 cm³/mol. The number of ether oxygens (including phenoxy) is 2. The van der Waals surface area contributed by atoms with Crippen LogP contribution in [0.2, 0.25) is 5.02 Å².